The van der Waals surface area contributed by atoms with E-state index in [0.29, 0.717) is 6.54 Å². The zero-order valence-corrected chi connectivity index (χ0v) is 12.5. The van der Waals surface area contributed by atoms with Crippen LogP contribution in [0.25, 0.3) is 0 Å². The van der Waals surface area contributed by atoms with Gasteiger partial charge >= 0.3 is 0 Å². The molecule has 0 aromatic carbocycles. The first-order valence-corrected chi connectivity index (χ1v) is 6.98. The maximum absolute atomic E-state index is 5.82. The van der Waals surface area contributed by atoms with Crippen molar-refractivity contribution in [3.63, 3.8) is 0 Å². The highest BCUT2D eigenvalue weighted by molar-refractivity contribution is 7.99. The molecule has 2 aromatic rings. The van der Waals surface area contributed by atoms with E-state index in [9.17, 15) is 0 Å². The van der Waals surface area contributed by atoms with E-state index < -0.39 is 0 Å². The van der Waals surface area contributed by atoms with Crippen LogP contribution in [0.15, 0.2) is 22.3 Å². The van der Waals surface area contributed by atoms with Gasteiger partial charge in [0.2, 0.25) is 0 Å². The number of hydrogen-bond donors (Lipinski definition) is 1. The van der Waals surface area contributed by atoms with Gasteiger partial charge in [0.1, 0.15) is 5.03 Å². The van der Waals surface area contributed by atoms with Crippen molar-refractivity contribution < 1.29 is 0 Å². The topological polar surface area (TPSA) is 64.7 Å². The van der Waals surface area contributed by atoms with Crippen molar-refractivity contribution in [3.05, 3.63) is 40.3 Å². The molecule has 0 aliphatic carbocycles. The Morgan fingerprint density at radius 1 is 0.947 bits per heavy atom. The third kappa shape index (κ3) is 3.30. The van der Waals surface area contributed by atoms with Crippen molar-refractivity contribution in [1.82, 2.24) is 15.0 Å². The molecule has 0 aliphatic heterocycles. The zero-order chi connectivity index (χ0) is 14.0. The minimum absolute atomic E-state index is 0.478. The summed E-state index contributed by atoms with van der Waals surface area (Å²) in [7, 11) is 0. The van der Waals surface area contributed by atoms with Crippen LogP contribution in [0.2, 0.25) is 0 Å². The first-order valence-electron chi connectivity index (χ1n) is 6.17. The van der Waals surface area contributed by atoms with Gasteiger partial charge in [0.15, 0.2) is 5.16 Å². The predicted molar refractivity (Wildman–Crippen MR) is 77.2 cm³/mol. The maximum Gasteiger partial charge on any atom is 0.194 e. The molecule has 0 fully saturated rings. The summed E-state index contributed by atoms with van der Waals surface area (Å²) in [5.74, 6) is 0. The van der Waals surface area contributed by atoms with Gasteiger partial charge in [0.25, 0.3) is 0 Å². The van der Waals surface area contributed by atoms with Gasteiger partial charge in [-0.25, -0.2) is 15.0 Å². The van der Waals surface area contributed by atoms with Crippen LogP contribution < -0.4 is 5.73 Å². The van der Waals surface area contributed by atoms with Gasteiger partial charge in [-0.3, -0.25) is 0 Å². The highest BCUT2D eigenvalue weighted by atomic mass is 32.2. The molecule has 0 bridgehead atoms. The molecule has 0 spiro atoms. The van der Waals surface area contributed by atoms with Gasteiger partial charge in [-0.15, -0.1) is 0 Å². The number of aromatic nitrogens is 3. The van der Waals surface area contributed by atoms with E-state index in [1.807, 2.05) is 26.8 Å². The minimum Gasteiger partial charge on any atom is -0.326 e. The average molecular weight is 274 g/mol. The Balaban J connectivity index is 2.42. The van der Waals surface area contributed by atoms with Gasteiger partial charge in [-0.1, -0.05) is 0 Å². The van der Waals surface area contributed by atoms with E-state index in [0.717, 1.165) is 32.8 Å². The second kappa shape index (κ2) is 5.67. The molecule has 0 saturated heterocycles. The fourth-order valence-corrected chi connectivity index (χ4v) is 3.10. The monoisotopic (exact) mass is 274 g/mol. The molecule has 4 nitrogen and oxygen atoms in total. The smallest absolute Gasteiger partial charge is 0.194 e. The zero-order valence-electron chi connectivity index (χ0n) is 11.7. The van der Waals surface area contributed by atoms with Crippen LogP contribution in [-0.4, -0.2) is 15.0 Å². The fraction of sp³-hybridized carbons (Fsp3) is 0.357. The normalized spacial score (nSPS) is 10.8. The molecule has 2 aromatic heterocycles. The largest absolute Gasteiger partial charge is 0.326 e. The van der Waals surface area contributed by atoms with Crippen molar-refractivity contribution in [2.75, 3.05) is 0 Å². The summed E-state index contributed by atoms with van der Waals surface area (Å²) in [6.07, 6.45) is 0. The second-order valence-electron chi connectivity index (χ2n) is 4.60. The fourth-order valence-electron chi connectivity index (χ4n) is 1.99. The van der Waals surface area contributed by atoms with Crippen molar-refractivity contribution >= 4 is 11.8 Å². The quantitative estimate of drug-likeness (QED) is 0.872. The van der Waals surface area contributed by atoms with E-state index >= 15 is 0 Å². The molecular formula is C14H18N4S. The number of pyridine rings is 1. The number of rotatable bonds is 3. The molecule has 0 radical (unpaired) electrons. The summed E-state index contributed by atoms with van der Waals surface area (Å²) in [5, 5.41) is 1.63. The lowest BCUT2D eigenvalue weighted by Crippen LogP contribution is -2.05. The molecule has 2 rings (SSSR count). The first-order chi connectivity index (χ1) is 8.99. The lowest BCUT2D eigenvalue weighted by atomic mass is 10.1. The second-order valence-corrected chi connectivity index (χ2v) is 5.56. The van der Waals surface area contributed by atoms with E-state index in [2.05, 4.69) is 27.9 Å². The first kappa shape index (κ1) is 14.0. The van der Waals surface area contributed by atoms with Crippen LogP contribution in [-0.2, 0) is 6.54 Å². The Kier molecular flexibility index (Phi) is 4.17. The SMILES string of the molecule is Cc1cc(C)nc(Sc2nc(C)cc(C)c2CN)n1. The number of nitrogens with zero attached hydrogens (tertiary/aromatic N) is 3. The lowest BCUT2D eigenvalue weighted by Gasteiger charge is -2.10. The molecule has 0 aliphatic rings. The van der Waals surface area contributed by atoms with Crippen LogP contribution in [0.3, 0.4) is 0 Å². The highest BCUT2D eigenvalue weighted by Gasteiger charge is 2.11. The molecule has 2 N–H and O–H groups in total. The van der Waals surface area contributed by atoms with Crippen molar-refractivity contribution in [2.45, 2.75) is 44.4 Å². The summed E-state index contributed by atoms with van der Waals surface area (Å²) in [5.41, 5.74) is 11.0. The molecule has 0 unspecified atom stereocenters. The van der Waals surface area contributed by atoms with Gasteiger partial charge in [0, 0.05) is 29.2 Å². The van der Waals surface area contributed by atoms with Crippen molar-refractivity contribution in [2.24, 2.45) is 5.73 Å². The van der Waals surface area contributed by atoms with Gasteiger partial charge < -0.3 is 5.73 Å². The summed E-state index contributed by atoms with van der Waals surface area (Å²) < 4.78 is 0. The van der Waals surface area contributed by atoms with Crippen molar-refractivity contribution in [3.8, 4) is 0 Å². The van der Waals surface area contributed by atoms with Gasteiger partial charge in [-0.2, -0.15) is 0 Å². The molecule has 19 heavy (non-hydrogen) atoms. The Labute approximate surface area is 117 Å². The van der Waals surface area contributed by atoms with E-state index in [1.165, 1.54) is 17.3 Å². The Morgan fingerprint density at radius 3 is 2.11 bits per heavy atom. The van der Waals surface area contributed by atoms with Crippen LogP contribution >= 0.6 is 11.8 Å². The minimum atomic E-state index is 0.478. The number of hydrogen-bond acceptors (Lipinski definition) is 5. The molecule has 0 atom stereocenters. The van der Waals surface area contributed by atoms with Gasteiger partial charge in [0.05, 0.1) is 0 Å². The van der Waals surface area contributed by atoms with E-state index in [1.54, 1.807) is 0 Å². The molecule has 2 heterocycles. The Hall–Kier alpha value is -1.46. The van der Waals surface area contributed by atoms with Crippen LogP contribution in [0.4, 0.5) is 0 Å². The third-order valence-electron chi connectivity index (χ3n) is 2.79. The van der Waals surface area contributed by atoms with Crippen LogP contribution in [0, 0.1) is 27.7 Å². The molecular weight excluding hydrogens is 256 g/mol. The van der Waals surface area contributed by atoms with Crippen LogP contribution in [0.1, 0.15) is 28.2 Å². The predicted octanol–water partition coefficient (Wildman–Crippen LogP) is 2.72. The maximum atomic E-state index is 5.82. The summed E-state index contributed by atoms with van der Waals surface area (Å²) in [4.78, 5) is 13.4. The Morgan fingerprint density at radius 2 is 1.53 bits per heavy atom. The third-order valence-corrected chi connectivity index (χ3v) is 3.69. The summed E-state index contributed by atoms with van der Waals surface area (Å²) in [6, 6.07) is 4.01. The Bertz CT molecular complexity index is 590. The molecule has 0 amide bonds. The lowest BCUT2D eigenvalue weighted by molar-refractivity contribution is 0.883. The van der Waals surface area contributed by atoms with E-state index in [-0.39, 0.29) is 0 Å². The summed E-state index contributed by atoms with van der Waals surface area (Å²) in [6.45, 7) is 8.46. The average Bonchev–Trinajstić information content (AvgIpc) is 2.26. The molecule has 100 valence electrons. The molecule has 0 saturated carbocycles. The number of aryl methyl sites for hydroxylation is 4. The van der Waals surface area contributed by atoms with Gasteiger partial charge in [-0.05, 0) is 57.2 Å². The number of nitrogens with two attached hydrogens (primary N) is 1. The summed E-state index contributed by atoms with van der Waals surface area (Å²) >= 11 is 1.48. The molecule has 5 heteroatoms. The van der Waals surface area contributed by atoms with E-state index in [4.69, 9.17) is 5.73 Å². The highest BCUT2D eigenvalue weighted by Crippen LogP contribution is 2.28. The van der Waals surface area contributed by atoms with Crippen molar-refractivity contribution in [1.29, 1.82) is 0 Å². The standard InChI is InChI=1S/C14H18N4S/c1-8-5-9(2)16-13(12(8)7-15)19-14-17-10(3)6-11(4)18-14/h5-6H,7,15H2,1-4H3. The van der Waals surface area contributed by atoms with Crippen LogP contribution in [0.5, 0.6) is 0 Å².